The van der Waals surface area contributed by atoms with Gasteiger partial charge in [0.25, 0.3) is 0 Å². The molecule has 0 spiro atoms. The number of aromatic nitrogens is 1. The van der Waals surface area contributed by atoms with Crippen LogP contribution < -0.4 is 11.3 Å². The summed E-state index contributed by atoms with van der Waals surface area (Å²) in [5, 5.41) is 2.41. The number of hydrogen-bond acceptors (Lipinski definition) is 2. The highest BCUT2D eigenvalue weighted by atomic mass is 16.2. The van der Waals surface area contributed by atoms with Crippen LogP contribution in [0.2, 0.25) is 0 Å². The molecule has 0 unspecified atom stereocenters. The summed E-state index contributed by atoms with van der Waals surface area (Å²) < 4.78 is 2.19. The molecule has 0 aliphatic carbocycles. The Kier molecular flexibility index (Phi) is 3.18. The van der Waals surface area contributed by atoms with Crippen molar-refractivity contribution in [3.8, 4) is 0 Å². The number of fused-ring (bicyclic) bond motifs is 3. The first-order valence-corrected chi connectivity index (χ1v) is 7.01. The molecule has 2 aromatic carbocycles. The van der Waals surface area contributed by atoms with Crippen molar-refractivity contribution >= 4 is 27.7 Å². The summed E-state index contributed by atoms with van der Waals surface area (Å²) in [5.41, 5.74) is 3.95. The van der Waals surface area contributed by atoms with Crippen molar-refractivity contribution in [3.63, 3.8) is 0 Å². The molecule has 0 fully saturated rings. The summed E-state index contributed by atoms with van der Waals surface area (Å²) in [5.74, 6) is 5.14. The second-order valence-corrected chi connectivity index (χ2v) is 5.98. The lowest BCUT2D eigenvalue weighted by Crippen LogP contribution is -2.43. The molecule has 0 bridgehead atoms. The molecule has 0 aliphatic heterocycles. The first kappa shape index (κ1) is 13.6. The van der Waals surface area contributed by atoms with E-state index in [-0.39, 0.29) is 5.91 Å². The summed E-state index contributed by atoms with van der Waals surface area (Å²) in [4.78, 5) is 12.0. The van der Waals surface area contributed by atoms with E-state index in [4.69, 9.17) is 5.84 Å². The van der Waals surface area contributed by atoms with E-state index in [1.54, 1.807) is 0 Å². The van der Waals surface area contributed by atoms with Gasteiger partial charge in [-0.05, 0) is 26.0 Å². The third-order valence-corrected chi connectivity index (χ3v) is 3.98. The van der Waals surface area contributed by atoms with E-state index in [9.17, 15) is 4.79 Å². The fourth-order valence-electron chi connectivity index (χ4n) is 2.84. The van der Waals surface area contributed by atoms with Crippen LogP contribution in [0.1, 0.15) is 13.8 Å². The Bertz CT molecular complexity index is 764. The Morgan fingerprint density at radius 1 is 1.05 bits per heavy atom. The number of amides is 1. The number of hydrogen-bond donors (Lipinski definition) is 2. The molecule has 3 aromatic rings. The number of rotatable bonds is 3. The smallest absolute Gasteiger partial charge is 0.241 e. The topological polar surface area (TPSA) is 60.0 Å². The summed E-state index contributed by atoms with van der Waals surface area (Å²) in [6, 6.07) is 16.5. The first-order valence-electron chi connectivity index (χ1n) is 7.01. The van der Waals surface area contributed by atoms with Crippen LogP contribution in [0.3, 0.4) is 0 Å². The summed E-state index contributed by atoms with van der Waals surface area (Å²) in [6.07, 6.45) is 0. The summed E-state index contributed by atoms with van der Waals surface area (Å²) in [7, 11) is 0. The first-order chi connectivity index (χ1) is 10.0. The van der Waals surface area contributed by atoms with E-state index >= 15 is 0 Å². The molecule has 0 saturated carbocycles. The van der Waals surface area contributed by atoms with E-state index in [1.165, 1.54) is 10.8 Å². The average molecular weight is 281 g/mol. The lowest BCUT2D eigenvalue weighted by atomic mass is 9.92. The maximum absolute atomic E-state index is 12.0. The van der Waals surface area contributed by atoms with Crippen LogP contribution >= 0.6 is 0 Å². The third kappa shape index (κ3) is 2.17. The molecule has 4 heteroatoms. The zero-order valence-electron chi connectivity index (χ0n) is 12.3. The van der Waals surface area contributed by atoms with Gasteiger partial charge in [-0.2, -0.15) is 0 Å². The molecule has 1 heterocycles. The van der Waals surface area contributed by atoms with Crippen LogP contribution in [0.5, 0.6) is 0 Å². The van der Waals surface area contributed by atoms with Crippen molar-refractivity contribution in [1.29, 1.82) is 0 Å². The van der Waals surface area contributed by atoms with Gasteiger partial charge in [0.05, 0.1) is 5.41 Å². The summed E-state index contributed by atoms with van der Waals surface area (Å²) >= 11 is 0. The Morgan fingerprint density at radius 2 is 1.52 bits per heavy atom. The molecule has 0 radical (unpaired) electrons. The van der Waals surface area contributed by atoms with Crippen LogP contribution in [0, 0.1) is 5.41 Å². The van der Waals surface area contributed by atoms with Crippen LogP contribution in [0.25, 0.3) is 21.8 Å². The van der Waals surface area contributed by atoms with Crippen molar-refractivity contribution in [2.45, 2.75) is 20.4 Å². The van der Waals surface area contributed by atoms with Crippen LogP contribution in [0.15, 0.2) is 48.5 Å². The molecule has 0 atom stereocenters. The van der Waals surface area contributed by atoms with Crippen molar-refractivity contribution < 1.29 is 4.79 Å². The number of nitrogens with zero attached hydrogens (tertiary/aromatic N) is 1. The van der Waals surface area contributed by atoms with Gasteiger partial charge in [-0.1, -0.05) is 36.4 Å². The quantitative estimate of drug-likeness (QED) is 0.440. The van der Waals surface area contributed by atoms with Gasteiger partial charge in [-0.15, -0.1) is 0 Å². The molecule has 108 valence electrons. The molecule has 3 rings (SSSR count). The highest BCUT2D eigenvalue weighted by molar-refractivity contribution is 6.08. The third-order valence-electron chi connectivity index (χ3n) is 3.98. The fraction of sp³-hybridized carbons (Fsp3) is 0.235. The standard InChI is InChI=1S/C17H19N3O/c1-17(2,16(21)19-18)11-20-14-9-5-3-7-12(14)13-8-4-6-10-15(13)20/h3-10H,11,18H2,1-2H3,(H,19,21). The van der Waals surface area contributed by atoms with Gasteiger partial charge < -0.3 is 4.57 Å². The maximum Gasteiger partial charge on any atom is 0.241 e. The Morgan fingerprint density at radius 3 is 2.00 bits per heavy atom. The monoisotopic (exact) mass is 281 g/mol. The molecular weight excluding hydrogens is 262 g/mol. The SMILES string of the molecule is CC(C)(Cn1c2ccccc2c2ccccc21)C(=O)NN. The predicted octanol–water partition coefficient (Wildman–Crippen LogP) is 2.81. The number of nitrogens with one attached hydrogen (secondary N) is 1. The number of para-hydroxylation sites is 2. The van der Waals surface area contributed by atoms with E-state index in [2.05, 4.69) is 34.3 Å². The Balaban J connectivity index is 2.23. The van der Waals surface area contributed by atoms with Gasteiger partial charge in [-0.25, -0.2) is 5.84 Å². The van der Waals surface area contributed by atoms with Crippen LogP contribution in [-0.2, 0) is 11.3 Å². The molecule has 1 aromatic heterocycles. The second kappa shape index (κ2) is 4.90. The fourth-order valence-corrected chi connectivity index (χ4v) is 2.84. The number of carbonyl (C=O) groups is 1. The highest BCUT2D eigenvalue weighted by Gasteiger charge is 2.28. The van der Waals surface area contributed by atoms with Crippen LogP contribution in [0.4, 0.5) is 0 Å². The molecule has 21 heavy (non-hydrogen) atoms. The second-order valence-electron chi connectivity index (χ2n) is 5.98. The van der Waals surface area contributed by atoms with Crippen molar-refractivity contribution in [2.75, 3.05) is 0 Å². The highest BCUT2D eigenvalue weighted by Crippen LogP contribution is 2.31. The molecular formula is C17H19N3O. The Labute approximate surface area is 123 Å². The zero-order valence-corrected chi connectivity index (χ0v) is 12.3. The molecule has 0 saturated heterocycles. The van der Waals surface area contributed by atoms with Crippen molar-refractivity contribution in [1.82, 2.24) is 9.99 Å². The zero-order chi connectivity index (χ0) is 15.0. The van der Waals surface area contributed by atoms with E-state index < -0.39 is 5.41 Å². The van der Waals surface area contributed by atoms with Gasteiger partial charge in [0, 0.05) is 28.4 Å². The van der Waals surface area contributed by atoms with Crippen molar-refractivity contribution in [2.24, 2.45) is 11.3 Å². The minimum absolute atomic E-state index is 0.163. The van der Waals surface area contributed by atoms with E-state index in [0.29, 0.717) is 6.54 Å². The maximum atomic E-state index is 12.0. The van der Waals surface area contributed by atoms with Crippen molar-refractivity contribution in [3.05, 3.63) is 48.5 Å². The minimum atomic E-state index is -0.584. The van der Waals surface area contributed by atoms with E-state index in [1.807, 2.05) is 38.1 Å². The largest absolute Gasteiger partial charge is 0.339 e. The lowest BCUT2D eigenvalue weighted by molar-refractivity contribution is -0.130. The molecule has 1 amide bonds. The van der Waals surface area contributed by atoms with Gasteiger partial charge in [-0.3, -0.25) is 10.2 Å². The number of nitrogens with two attached hydrogens (primary N) is 1. The molecule has 0 aliphatic rings. The van der Waals surface area contributed by atoms with Gasteiger partial charge in [0.1, 0.15) is 0 Å². The number of benzene rings is 2. The Hall–Kier alpha value is -2.33. The van der Waals surface area contributed by atoms with Crippen LogP contribution in [-0.4, -0.2) is 10.5 Å². The predicted molar refractivity (Wildman–Crippen MR) is 85.6 cm³/mol. The lowest BCUT2D eigenvalue weighted by Gasteiger charge is -2.24. The van der Waals surface area contributed by atoms with E-state index in [0.717, 1.165) is 11.0 Å². The number of hydrazine groups is 1. The minimum Gasteiger partial charge on any atom is -0.339 e. The molecule has 4 nitrogen and oxygen atoms in total. The summed E-state index contributed by atoms with van der Waals surface area (Å²) in [6.45, 7) is 4.38. The normalized spacial score (nSPS) is 12.0. The molecule has 3 N–H and O–H groups in total. The number of carbonyl (C=O) groups excluding carboxylic acids is 1. The van der Waals surface area contributed by atoms with Gasteiger partial charge in [0.15, 0.2) is 0 Å². The van der Waals surface area contributed by atoms with Gasteiger partial charge >= 0.3 is 0 Å². The average Bonchev–Trinajstić information content (AvgIpc) is 2.81. The van der Waals surface area contributed by atoms with Gasteiger partial charge in [0.2, 0.25) is 5.91 Å².